The van der Waals surface area contributed by atoms with Gasteiger partial charge in [0.1, 0.15) is 0 Å². The third-order valence-corrected chi connectivity index (χ3v) is 6.83. The van der Waals surface area contributed by atoms with Gasteiger partial charge in [0.05, 0.1) is 7.11 Å². The van der Waals surface area contributed by atoms with Crippen molar-refractivity contribution in [2.45, 2.75) is 38.4 Å². The first-order valence-corrected chi connectivity index (χ1v) is 11.8. The minimum Gasteiger partial charge on any atom is -0.504 e. The zero-order valence-corrected chi connectivity index (χ0v) is 19.7. The molecule has 1 fully saturated rings. The van der Waals surface area contributed by atoms with E-state index in [9.17, 15) is 5.11 Å². The van der Waals surface area contributed by atoms with E-state index >= 15 is 0 Å². The van der Waals surface area contributed by atoms with Gasteiger partial charge < -0.3 is 9.84 Å². The highest BCUT2D eigenvalue weighted by molar-refractivity contribution is 5.41. The summed E-state index contributed by atoms with van der Waals surface area (Å²) in [6.07, 6.45) is 7.23. The van der Waals surface area contributed by atoms with Crippen LogP contribution in [0, 0.1) is 5.92 Å². The maximum Gasteiger partial charge on any atom is 0.160 e. The topological polar surface area (TPSA) is 48.8 Å². The number of nitrogens with zero attached hydrogens (tertiary/aromatic N) is 3. The summed E-state index contributed by atoms with van der Waals surface area (Å²) in [6.45, 7) is 3.92. The van der Waals surface area contributed by atoms with Crippen LogP contribution in [0.15, 0.2) is 73.1 Å². The van der Waals surface area contributed by atoms with Gasteiger partial charge in [-0.15, -0.1) is 0 Å². The first-order valence-electron chi connectivity index (χ1n) is 11.8. The van der Waals surface area contributed by atoms with E-state index in [0.717, 1.165) is 38.2 Å². The van der Waals surface area contributed by atoms with Gasteiger partial charge in [0.25, 0.3) is 0 Å². The Morgan fingerprint density at radius 3 is 2.45 bits per heavy atom. The van der Waals surface area contributed by atoms with Crippen molar-refractivity contribution in [1.29, 1.82) is 0 Å². The molecule has 1 N–H and O–H groups in total. The lowest BCUT2D eigenvalue weighted by molar-refractivity contribution is 0.0953. The van der Waals surface area contributed by atoms with Crippen molar-refractivity contribution in [3.63, 3.8) is 0 Å². The second kappa shape index (κ2) is 11.3. The van der Waals surface area contributed by atoms with E-state index in [0.29, 0.717) is 17.7 Å². The molecule has 1 aliphatic rings. The zero-order chi connectivity index (χ0) is 23.0. The number of hydrogen-bond donors (Lipinski definition) is 1. The van der Waals surface area contributed by atoms with Crippen LogP contribution < -0.4 is 4.74 Å². The van der Waals surface area contributed by atoms with Crippen LogP contribution in [-0.2, 0) is 19.5 Å². The van der Waals surface area contributed by atoms with Gasteiger partial charge >= 0.3 is 0 Å². The van der Waals surface area contributed by atoms with Crippen molar-refractivity contribution in [2.75, 3.05) is 27.2 Å². The average molecular weight is 446 g/mol. The predicted octanol–water partition coefficient (Wildman–Crippen LogP) is 4.75. The predicted molar refractivity (Wildman–Crippen MR) is 132 cm³/mol. The molecule has 5 nitrogen and oxygen atoms in total. The molecule has 4 rings (SSSR count). The minimum absolute atomic E-state index is 0.213. The molecule has 0 saturated carbocycles. The van der Waals surface area contributed by atoms with Gasteiger partial charge in [-0.3, -0.25) is 14.8 Å². The molecule has 174 valence electrons. The lowest BCUT2D eigenvalue weighted by Crippen LogP contribution is -2.44. The second-order valence-corrected chi connectivity index (χ2v) is 9.15. The largest absolute Gasteiger partial charge is 0.504 e. The number of phenols is 1. The van der Waals surface area contributed by atoms with Crippen molar-refractivity contribution < 1.29 is 9.84 Å². The van der Waals surface area contributed by atoms with Crippen LogP contribution in [0.25, 0.3) is 0 Å². The summed E-state index contributed by atoms with van der Waals surface area (Å²) in [5, 5.41) is 10.1. The fraction of sp³-hybridized carbons (Fsp3) is 0.393. The smallest absolute Gasteiger partial charge is 0.160 e. The number of pyridine rings is 1. The molecule has 1 aliphatic heterocycles. The first kappa shape index (κ1) is 23.3. The van der Waals surface area contributed by atoms with Gasteiger partial charge in [0.15, 0.2) is 11.5 Å². The highest BCUT2D eigenvalue weighted by Crippen LogP contribution is 2.30. The van der Waals surface area contributed by atoms with Gasteiger partial charge in [0.2, 0.25) is 0 Å². The van der Waals surface area contributed by atoms with Crippen LogP contribution in [0.2, 0.25) is 0 Å². The fourth-order valence-electron chi connectivity index (χ4n) is 5.02. The third kappa shape index (κ3) is 6.34. The number of aromatic hydroxyl groups is 1. The highest BCUT2D eigenvalue weighted by atomic mass is 16.5. The van der Waals surface area contributed by atoms with E-state index in [1.165, 1.54) is 24.0 Å². The van der Waals surface area contributed by atoms with Crippen molar-refractivity contribution in [1.82, 2.24) is 14.8 Å². The third-order valence-electron chi connectivity index (χ3n) is 6.83. The van der Waals surface area contributed by atoms with E-state index in [1.54, 1.807) is 7.11 Å². The molecule has 0 bridgehead atoms. The quantitative estimate of drug-likeness (QED) is 0.515. The molecule has 0 aliphatic carbocycles. The van der Waals surface area contributed by atoms with Crippen LogP contribution in [0.5, 0.6) is 11.5 Å². The summed E-state index contributed by atoms with van der Waals surface area (Å²) < 4.78 is 5.17. The molecule has 0 radical (unpaired) electrons. The Morgan fingerprint density at radius 1 is 1.03 bits per heavy atom. The minimum atomic E-state index is 0.213. The second-order valence-electron chi connectivity index (χ2n) is 9.15. The summed E-state index contributed by atoms with van der Waals surface area (Å²) in [6, 6.07) is 21.2. The van der Waals surface area contributed by atoms with Gasteiger partial charge in [-0.2, -0.15) is 0 Å². The van der Waals surface area contributed by atoms with Crippen LogP contribution in [0.3, 0.4) is 0 Å². The Bertz CT molecular complexity index is 989. The number of methoxy groups -OCH3 is 1. The van der Waals surface area contributed by atoms with Crippen LogP contribution >= 0.6 is 0 Å². The molecule has 3 aromatic rings. The molecular formula is C28H35N3O2. The number of benzene rings is 2. The van der Waals surface area contributed by atoms with Crippen molar-refractivity contribution >= 4 is 0 Å². The summed E-state index contributed by atoms with van der Waals surface area (Å²) in [4.78, 5) is 9.32. The highest BCUT2D eigenvalue weighted by Gasteiger charge is 2.29. The van der Waals surface area contributed by atoms with E-state index in [1.807, 2.05) is 36.7 Å². The van der Waals surface area contributed by atoms with E-state index in [2.05, 4.69) is 58.2 Å². The number of likely N-dealkylation sites (N-methyl/N-ethyl adjacent to an activating group) is 1. The molecule has 1 aromatic heterocycles. The number of rotatable bonds is 9. The van der Waals surface area contributed by atoms with Gasteiger partial charge in [-0.1, -0.05) is 42.5 Å². The van der Waals surface area contributed by atoms with Crippen molar-refractivity contribution in [2.24, 2.45) is 5.92 Å². The molecule has 0 spiro atoms. The molecule has 0 amide bonds. The number of piperidine rings is 1. The van der Waals surface area contributed by atoms with Gasteiger partial charge in [-0.25, -0.2) is 0 Å². The molecule has 1 atom stereocenters. The monoisotopic (exact) mass is 445 g/mol. The van der Waals surface area contributed by atoms with E-state index < -0.39 is 0 Å². The molecule has 1 unspecified atom stereocenters. The van der Waals surface area contributed by atoms with E-state index in [-0.39, 0.29) is 5.75 Å². The summed E-state index contributed by atoms with van der Waals surface area (Å²) in [5.74, 6) is 1.38. The standard InChI is InChI=1S/C28H35N3O2/c1-30(20-24-9-6-14-29-19-24)26(17-22-7-4-3-5-8-22)25-12-15-31(16-13-25)21-23-10-11-28(33-2)27(32)18-23/h3-11,14,18-19,25-26,32H,12-13,15-17,20-21H2,1-2H3. The lowest BCUT2D eigenvalue weighted by Gasteiger charge is -2.40. The molecule has 2 aromatic carbocycles. The molecule has 1 saturated heterocycles. The Balaban J connectivity index is 1.40. The van der Waals surface area contributed by atoms with Crippen molar-refractivity contribution in [3.05, 3.63) is 89.7 Å². The molecule has 5 heteroatoms. The maximum absolute atomic E-state index is 10.1. The summed E-state index contributed by atoms with van der Waals surface area (Å²) in [5.41, 5.74) is 3.78. The maximum atomic E-state index is 10.1. The Hall–Kier alpha value is -2.89. The van der Waals surface area contributed by atoms with Crippen LogP contribution in [-0.4, -0.2) is 53.2 Å². The first-order chi connectivity index (χ1) is 16.1. The number of likely N-dealkylation sites (tertiary alicyclic amines) is 1. The normalized spacial score (nSPS) is 16.1. The fourth-order valence-corrected chi connectivity index (χ4v) is 5.02. The van der Waals surface area contributed by atoms with Gasteiger partial charge in [-0.05, 0) is 80.2 Å². The van der Waals surface area contributed by atoms with Crippen molar-refractivity contribution in [3.8, 4) is 11.5 Å². The Kier molecular flexibility index (Phi) is 7.97. The number of phenolic OH excluding ortho intramolecular Hbond substituents is 1. The van der Waals surface area contributed by atoms with Gasteiger partial charge in [0, 0.05) is 31.5 Å². The van der Waals surface area contributed by atoms with E-state index in [4.69, 9.17) is 4.74 Å². The number of hydrogen-bond acceptors (Lipinski definition) is 5. The Morgan fingerprint density at radius 2 is 1.79 bits per heavy atom. The zero-order valence-electron chi connectivity index (χ0n) is 19.7. The molecule has 2 heterocycles. The number of aromatic nitrogens is 1. The summed E-state index contributed by atoms with van der Waals surface area (Å²) >= 11 is 0. The Labute approximate surface area is 197 Å². The number of ether oxygens (including phenoxy) is 1. The SMILES string of the molecule is COc1ccc(CN2CCC(C(Cc3ccccc3)N(C)Cc3cccnc3)CC2)cc1O. The summed E-state index contributed by atoms with van der Waals surface area (Å²) in [7, 11) is 3.84. The lowest BCUT2D eigenvalue weighted by atomic mass is 9.84. The molecule has 33 heavy (non-hydrogen) atoms. The van der Waals surface area contributed by atoms with Crippen LogP contribution in [0.1, 0.15) is 29.5 Å². The van der Waals surface area contributed by atoms with Crippen LogP contribution in [0.4, 0.5) is 0 Å². The average Bonchev–Trinajstić information content (AvgIpc) is 2.84. The molecular weight excluding hydrogens is 410 g/mol.